The molecule has 1 amide bonds. The van der Waals surface area contributed by atoms with Gasteiger partial charge in [-0.15, -0.1) is 0 Å². The van der Waals surface area contributed by atoms with Gasteiger partial charge in [0.1, 0.15) is 0 Å². The normalized spacial score (nSPS) is 9.94. The van der Waals surface area contributed by atoms with Crippen molar-refractivity contribution >= 4 is 17.3 Å². The van der Waals surface area contributed by atoms with E-state index in [1.165, 1.54) is 6.20 Å². The molecule has 0 fully saturated rings. The summed E-state index contributed by atoms with van der Waals surface area (Å²) in [6.07, 6.45) is 3.16. The van der Waals surface area contributed by atoms with E-state index in [9.17, 15) is 4.79 Å². The van der Waals surface area contributed by atoms with Crippen LogP contribution in [0.25, 0.3) is 0 Å². The molecule has 17 heavy (non-hydrogen) atoms. The van der Waals surface area contributed by atoms with Crippen molar-refractivity contribution in [3.8, 4) is 0 Å². The second-order valence-corrected chi connectivity index (χ2v) is 3.77. The monoisotopic (exact) mass is 227 g/mol. The van der Waals surface area contributed by atoms with Crippen LogP contribution >= 0.6 is 0 Å². The minimum atomic E-state index is -0.175. The third-order valence-electron chi connectivity index (χ3n) is 2.42. The zero-order chi connectivity index (χ0) is 12.3. The highest BCUT2D eigenvalue weighted by atomic mass is 16.1. The molecule has 2 rings (SSSR count). The van der Waals surface area contributed by atoms with Crippen molar-refractivity contribution in [2.24, 2.45) is 0 Å². The van der Waals surface area contributed by atoms with Gasteiger partial charge >= 0.3 is 0 Å². The van der Waals surface area contributed by atoms with Crippen LogP contribution in [-0.4, -0.2) is 10.9 Å². The lowest BCUT2D eigenvalue weighted by molar-refractivity contribution is 0.102. The average Bonchev–Trinajstić information content (AvgIpc) is 2.34. The molecule has 3 N–H and O–H groups in total. The summed E-state index contributed by atoms with van der Waals surface area (Å²) < 4.78 is 0. The number of nitrogens with two attached hydrogens (primary N) is 1. The van der Waals surface area contributed by atoms with Crippen LogP contribution in [0.3, 0.4) is 0 Å². The molecule has 0 aliphatic heterocycles. The number of hydrogen-bond acceptors (Lipinski definition) is 3. The summed E-state index contributed by atoms with van der Waals surface area (Å²) in [4.78, 5) is 15.8. The van der Waals surface area contributed by atoms with Crippen LogP contribution in [0.5, 0.6) is 0 Å². The van der Waals surface area contributed by atoms with Gasteiger partial charge in [0.15, 0.2) is 0 Å². The van der Waals surface area contributed by atoms with Gasteiger partial charge in [0, 0.05) is 23.8 Å². The van der Waals surface area contributed by atoms with Gasteiger partial charge in [-0.25, -0.2) is 0 Å². The number of aryl methyl sites for hydroxylation is 1. The number of aromatic nitrogens is 1. The highest BCUT2D eigenvalue weighted by Crippen LogP contribution is 2.18. The summed E-state index contributed by atoms with van der Waals surface area (Å²) in [5.74, 6) is -0.175. The van der Waals surface area contributed by atoms with Gasteiger partial charge in [-0.3, -0.25) is 9.78 Å². The fourth-order valence-corrected chi connectivity index (χ4v) is 1.52. The summed E-state index contributed by atoms with van der Waals surface area (Å²) in [6, 6.07) is 8.81. The van der Waals surface area contributed by atoms with Crippen molar-refractivity contribution in [1.82, 2.24) is 4.98 Å². The molecule has 0 saturated carbocycles. The lowest BCUT2D eigenvalue weighted by Crippen LogP contribution is -2.12. The molecule has 0 aliphatic rings. The van der Waals surface area contributed by atoms with Crippen molar-refractivity contribution in [2.75, 3.05) is 11.1 Å². The van der Waals surface area contributed by atoms with E-state index >= 15 is 0 Å². The number of nitrogens with zero attached hydrogens (tertiary/aromatic N) is 1. The number of pyridine rings is 1. The average molecular weight is 227 g/mol. The number of carbonyl (C=O) groups excluding carboxylic acids is 1. The van der Waals surface area contributed by atoms with Crippen LogP contribution in [-0.2, 0) is 0 Å². The van der Waals surface area contributed by atoms with E-state index < -0.39 is 0 Å². The van der Waals surface area contributed by atoms with Crippen LogP contribution in [0.2, 0.25) is 0 Å². The molecule has 4 heteroatoms. The van der Waals surface area contributed by atoms with Crippen LogP contribution < -0.4 is 11.1 Å². The van der Waals surface area contributed by atoms with Crippen molar-refractivity contribution in [3.63, 3.8) is 0 Å². The fourth-order valence-electron chi connectivity index (χ4n) is 1.52. The fraction of sp³-hybridized carbons (Fsp3) is 0.0769. The standard InChI is InChI=1S/C13H13N3O/c1-9-7-11(14)4-5-12(9)16-13(17)10-3-2-6-15-8-10/h2-8H,14H2,1H3,(H,16,17). The van der Waals surface area contributed by atoms with Gasteiger partial charge in [0.05, 0.1) is 5.56 Å². The predicted octanol–water partition coefficient (Wildman–Crippen LogP) is 2.22. The molecule has 0 aliphatic carbocycles. The largest absolute Gasteiger partial charge is 0.399 e. The molecule has 1 aromatic heterocycles. The molecule has 0 radical (unpaired) electrons. The topological polar surface area (TPSA) is 68.0 Å². The molecule has 0 spiro atoms. The maximum absolute atomic E-state index is 11.9. The first-order chi connectivity index (χ1) is 8.16. The van der Waals surface area contributed by atoms with Gasteiger partial charge in [0.25, 0.3) is 5.91 Å². The van der Waals surface area contributed by atoms with E-state index in [4.69, 9.17) is 5.73 Å². The Kier molecular flexibility index (Phi) is 3.05. The van der Waals surface area contributed by atoms with E-state index in [1.807, 2.05) is 13.0 Å². The number of benzene rings is 1. The third-order valence-corrected chi connectivity index (χ3v) is 2.42. The number of amides is 1. The summed E-state index contributed by atoms with van der Waals surface area (Å²) in [7, 11) is 0. The molecule has 1 heterocycles. The zero-order valence-corrected chi connectivity index (χ0v) is 9.47. The number of carbonyl (C=O) groups is 1. The molecule has 0 atom stereocenters. The van der Waals surface area contributed by atoms with Crippen molar-refractivity contribution in [2.45, 2.75) is 6.92 Å². The van der Waals surface area contributed by atoms with E-state index in [-0.39, 0.29) is 5.91 Å². The summed E-state index contributed by atoms with van der Waals surface area (Å²) in [6.45, 7) is 1.90. The second kappa shape index (κ2) is 4.65. The van der Waals surface area contributed by atoms with Crippen LogP contribution in [0, 0.1) is 6.92 Å². The number of rotatable bonds is 2. The van der Waals surface area contributed by atoms with Crippen molar-refractivity contribution in [1.29, 1.82) is 0 Å². The minimum absolute atomic E-state index is 0.175. The van der Waals surface area contributed by atoms with Gasteiger partial charge in [-0.05, 0) is 42.8 Å². The lowest BCUT2D eigenvalue weighted by atomic mass is 10.1. The van der Waals surface area contributed by atoms with Crippen molar-refractivity contribution in [3.05, 3.63) is 53.9 Å². The SMILES string of the molecule is Cc1cc(N)ccc1NC(=O)c1cccnc1. The number of hydrogen-bond donors (Lipinski definition) is 2. The van der Waals surface area contributed by atoms with Gasteiger partial charge in [0.2, 0.25) is 0 Å². The molecule has 86 valence electrons. The Morgan fingerprint density at radius 3 is 2.82 bits per heavy atom. The number of nitrogen functional groups attached to an aromatic ring is 1. The summed E-state index contributed by atoms with van der Waals surface area (Å²) >= 11 is 0. The number of anilines is 2. The first-order valence-electron chi connectivity index (χ1n) is 5.24. The smallest absolute Gasteiger partial charge is 0.257 e. The van der Waals surface area contributed by atoms with Gasteiger partial charge < -0.3 is 11.1 Å². The van der Waals surface area contributed by atoms with Crippen molar-refractivity contribution < 1.29 is 4.79 Å². The molecule has 2 aromatic rings. The summed E-state index contributed by atoms with van der Waals surface area (Å²) in [5.41, 5.74) is 8.55. The first kappa shape index (κ1) is 11.1. The third kappa shape index (κ3) is 2.60. The highest BCUT2D eigenvalue weighted by Gasteiger charge is 2.07. The maximum Gasteiger partial charge on any atom is 0.257 e. The molecule has 0 saturated heterocycles. The Labute approximate surface area is 99.5 Å². The molecule has 0 unspecified atom stereocenters. The molecular formula is C13H13N3O. The minimum Gasteiger partial charge on any atom is -0.399 e. The molecular weight excluding hydrogens is 214 g/mol. The van der Waals surface area contributed by atoms with Crippen LogP contribution in [0.15, 0.2) is 42.7 Å². The maximum atomic E-state index is 11.9. The second-order valence-electron chi connectivity index (χ2n) is 3.77. The quantitative estimate of drug-likeness (QED) is 0.773. The van der Waals surface area contributed by atoms with Gasteiger partial charge in [-0.2, -0.15) is 0 Å². The predicted molar refractivity (Wildman–Crippen MR) is 67.8 cm³/mol. The Bertz CT molecular complexity index is 538. The van der Waals surface area contributed by atoms with Gasteiger partial charge in [-0.1, -0.05) is 0 Å². The highest BCUT2D eigenvalue weighted by molar-refractivity contribution is 6.04. The van der Waals surface area contributed by atoms with Crippen LogP contribution in [0.1, 0.15) is 15.9 Å². The molecule has 1 aromatic carbocycles. The lowest BCUT2D eigenvalue weighted by Gasteiger charge is -2.08. The van der Waals surface area contributed by atoms with E-state index in [2.05, 4.69) is 10.3 Å². The van der Waals surface area contributed by atoms with E-state index in [1.54, 1.807) is 30.5 Å². The van der Waals surface area contributed by atoms with E-state index in [0.29, 0.717) is 11.3 Å². The Hall–Kier alpha value is -2.36. The molecule has 4 nitrogen and oxygen atoms in total. The Balaban J connectivity index is 2.19. The number of nitrogens with one attached hydrogen (secondary N) is 1. The molecule has 0 bridgehead atoms. The van der Waals surface area contributed by atoms with Crippen LogP contribution in [0.4, 0.5) is 11.4 Å². The first-order valence-corrected chi connectivity index (χ1v) is 5.24. The zero-order valence-electron chi connectivity index (χ0n) is 9.47. The van der Waals surface area contributed by atoms with E-state index in [0.717, 1.165) is 11.3 Å². The Morgan fingerprint density at radius 2 is 2.18 bits per heavy atom. The Morgan fingerprint density at radius 1 is 1.35 bits per heavy atom. The summed E-state index contributed by atoms with van der Waals surface area (Å²) in [5, 5.41) is 2.82.